The van der Waals surface area contributed by atoms with E-state index in [9.17, 15) is 19.8 Å². The predicted molar refractivity (Wildman–Crippen MR) is 222 cm³/mol. The molecule has 2 amide bonds. The highest BCUT2D eigenvalue weighted by molar-refractivity contribution is 8.00. The fourth-order valence-electron chi connectivity index (χ4n) is 8.53. The average molecular weight is 798 g/mol. The molecule has 0 unspecified atom stereocenters. The molecule has 0 aromatic heterocycles. The van der Waals surface area contributed by atoms with Gasteiger partial charge in [0.1, 0.15) is 18.1 Å². The van der Waals surface area contributed by atoms with Gasteiger partial charge in [0.15, 0.2) is 0 Å². The second-order valence-electron chi connectivity index (χ2n) is 14.7. The first kappa shape index (κ1) is 42.0. The van der Waals surface area contributed by atoms with Gasteiger partial charge in [-0.15, -0.1) is 18.3 Å². The van der Waals surface area contributed by atoms with E-state index >= 15 is 0 Å². The molecule has 57 heavy (non-hydrogen) atoms. The van der Waals surface area contributed by atoms with Crippen molar-refractivity contribution in [1.82, 2.24) is 5.32 Å². The zero-order valence-corrected chi connectivity index (χ0v) is 33.7. The predicted octanol–water partition coefficient (Wildman–Crippen LogP) is 8.38. The van der Waals surface area contributed by atoms with Crippen molar-refractivity contribution in [3.63, 3.8) is 0 Å². The number of aliphatic hydroxyl groups is 2. The minimum Gasteiger partial charge on any atom is -0.460 e. The number of allylic oxidation sites excluding steroid dienone is 1. The number of unbranched alkanes of at least 4 members (excludes halogenated alkanes) is 2. The van der Waals surface area contributed by atoms with E-state index in [1.807, 2.05) is 73.7 Å². The Morgan fingerprint density at radius 2 is 1.77 bits per heavy atom. The summed E-state index contributed by atoms with van der Waals surface area (Å²) in [6.45, 7) is 8.60. The van der Waals surface area contributed by atoms with E-state index in [1.54, 1.807) is 23.9 Å². The van der Waals surface area contributed by atoms with Crippen molar-refractivity contribution in [3.05, 3.63) is 108 Å². The van der Waals surface area contributed by atoms with Crippen LogP contribution < -0.4 is 20.1 Å². The number of anilines is 1. The molecular weight excluding hydrogens is 743 g/mol. The lowest BCUT2D eigenvalue weighted by atomic mass is 9.56. The van der Waals surface area contributed by atoms with Crippen molar-refractivity contribution in [3.8, 4) is 11.5 Å². The van der Waals surface area contributed by atoms with Gasteiger partial charge in [-0.1, -0.05) is 60.5 Å². The molecule has 1 aliphatic heterocycles. The molecule has 0 radical (unpaired) electrons. The molecule has 1 fully saturated rings. The van der Waals surface area contributed by atoms with Gasteiger partial charge >= 0.3 is 6.09 Å². The number of nitrogens with one attached hydrogen (secondary N) is 2. The fourth-order valence-corrected chi connectivity index (χ4v) is 9.82. The normalized spacial score (nSPS) is 24.0. The Kier molecular flexibility index (Phi) is 14.9. The number of oxime groups is 1. The summed E-state index contributed by atoms with van der Waals surface area (Å²) >= 11 is 1.63. The molecule has 2 aliphatic carbocycles. The van der Waals surface area contributed by atoms with Crippen molar-refractivity contribution in [1.29, 1.82) is 0 Å². The van der Waals surface area contributed by atoms with E-state index in [2.05, 4.69) is 23.3 Å². The number of amides is 2. The van der Waals surface area contributed by atoms with Gasteiger partial charge in [0.2, 0.25) is 11.7 Å². The molecule has 1 saturated carbocycles. The maximum atomic E-state index is 13.1. The van der Waals surface area contributed by atoms with Gasteiger partial charge in [0, 0.05) is 55.2 Å². The highest BCUT2D eigenvalue weighted by Gasteiger charge is 2.64. The Hall–Kier alpha value is -4.62. The number of fused-ring (bicyclic) bond motifs is 2. The van der Waals surface area contributed by atoms with Crippen LogP contribution in [0.4, 0.5) is 10.5 Å². The van der Waals surface area contributed by atoms with Crippen LogP contribution in [0, 0.1) is 17.8 Å². The maximum Gasteiger partial charge on any atom is 0.412 e. The molecule has 4 N–H and O–H groups in total. The SMILES string of the molecule is C=CCO[C@@]12Oc3ccc(OC(=O)NCc4ccccc4)cc3[C@H]3[C@H](CCCCO)[C@@H](CCCCO)C=C(C(=NOCC)C[C@@H]1Sc1ccc(NC(C)=O)cc1)[C@H]32. The van der Waals surface area contributed by atoms with E-state index in [-0.39, 0.29) is 54.6 Å². The second kappa shape index (κ2) is 20.2. The molecule has 304 valence electrons. The summed E-state index contributed by atoms with van der Waals surface area (Å²) in [7, 11) is 0. The monoisotopic (exact) mass is 797 g/mol. The van der Waals surface area contributed by atoms with Crippen LogP contribution in [-0.2, 0) is 20.9 Å². The van der Waals surface area contributed by atoms with Gasteiger partial charge < -0.3 is 39.9 Å². The first-order valence-corrected chi connectivity index (χ1v) is 20.9. The third-order valence-corrected chi connectivity index (χ3v) is 12.2. The zero-order chi connectivity index (χ0) is 40.2. The van der Waals surface area contributed by atoms with E-state index in [0.717, 1.165) is 53.0 Å². The molecule has 3 aromatic carbocycles. The van der Waals surface area contributed by atoms with Crippen LogP contribution in [0.5, 0.6) is 11.5 Å². The largest absolute Gasteiger partial charge is 0.460 e. The summed E-state index contributed by atoms with van der Waals surface area (Å²) in [5.74, 6) is -0.567. The molecular formula is C45H55N3O8S. The van der Waals surface area contributed by atoms with Crippen LogP contribution in [0.1, 0.15) is 75.8 Å². The summed E-state index contributed by atoms with van der Waals surface area (Å²) in [5.41, 5.74) is 4.43. The van der Waals surface area contributed by atoms with Crippen molar-refractivity contribution in [2.24, 2.45) is 22.9 Å². The Morgan fingerprint density at radius 3 is 2.47 bits per heavy atom. The molecule has 3 aliphatic rings. The van der Waals surface area contributed by atoms with E-state index in [0.29, 0.717) is 49.6 Å². The highest BCUT2D eigenvalue weighted by atomic mass is 32.2. The summed E-state index contributed by atoms with van der Waals surface area (Å²) < 4.78 is 20.1. The second-order valence-corrected chi connectivity index (χ2v) is 16.0. The highest BCUT2D eigenvalue weighted by Crippen LogP contribution is 2.63. The standard InChI is InChI=1S/C45H55N3O8S/c1-4-25-53-45-41(57-35-20-17-33(18-21-35)47-30(3)51)28-39(48-54-5-2)37-26-32(15-9-11-23-49)36(16-10-12-24-50)42(43(37)45)38-27-34(19-22-40(38)56-45)55-44(52)46-29-31-13-7-6-8-14-31/h4,6-8,13-14,17-22,26-27,32,36,41-43,49-50H,1,5,9-12,15-16,23-25,28-29H2,2-3H3,(H,46,52)(H,47,51)/t32-,36+,41-,42+,43+,45+/m0/s1. The number of carbonyl (C=O) groups is 2. The summed E-state index contributed by atoms with van der Waals surface area (Å²) in [5, 5.41) is 29.8. The van der Waals surface area contributed by atoms with Gasteiger partial charge in [-0.05, 0) is 98.0 Å². The third kappa shape index (κ3) is 10.1. The summed E-state index contributed by atoms with van der Waals surface area (Å²) in [4.78, 5) is 31.7. The van der Waals surface area contributed by atoms with Gasteiger partial charge in [0.05, 0.1) is 23.5 Å². The Labute approximate surface area is 339 Å². The maximum absolute atomic E-state index is 13.1. The van der Waals surface area contributed by atoms with E-state index in [4.69, 9.17) is 24.2 Å². The van der Waals surface area contributed by atoms with Crippen LogP contribution in [0.15, 0.2) is 107 Å². The van der Waals surface area contributed by atoms with Crippen molar-refractivity contribution in [2.75, 3.05) is 31.7 Å². The zero-order valence-electron chi connectivity index (χ0n) is 32.9. The van der Waals surface area contributed by atoms with Crippen molar-refractivity contribution < 1.29 is 38.9 Å². The molecule has 6 rings (SSSR count). The van der Waals surface area contributed by atoms with Gasteiger partial charge in [-0.25, -0.2) is 4.79 Å². The molecule has 0 bridgehead atoms. The Balaban J connectivity index is 1.47. The molecule has 0 spiro atoms. The van der Waals surface area contributed by atoms with E-state index < -0.39 is 11.9 Å². The number of aliphatic hydroxyl groups excluding tert-OH is 2. The smallest absolute Gasteiger partial charge is 0.412 e. The molecule has 0 saturated heterocycles. The lowest BCUT2D eigenvalue weighted by Gasteiger charge is -2.58. The number of nitrogens with zero attached hydrogens (tertiary/aromatic N) is 1. The van der Waals surface area contributed by atoms with Gasteiger partial charge in [-0.3, -0.25) is 4.79 Å². The molecule has 3 aromatic rings. The van der Waals surface area contributed by atoms with Crippen LogP contribution in [-0.4, -0.2) is 65.4 Å². The number of carbonyl (C=O) groups excluding carboxylic acids is 2. The quantitative estimate of drug-likeness (QED) is 0.0534. The fraction of sp³-hybridized carbons (Fsp3) is 0.444. The molecule has 6 atom stereocenters. The number of hydrogen-bond donors (Lipinski definition) is 4. The number of ether oxygens (including phenoxy) is 3. The van der Waals surface area contributed by atoms with Crippen LogP contribution >= 0.6 is 11.8 Å². The molecule has 1 heterocycles. The van der Waals surface area contributed by atoms with Gasteiger partial charge in [-0.2, -0.15) is 0 Å². The van der Waals surface area contributed by atoms with Crippen LogP contribution in [0.2, 0.25) is 0 Å². The number of rotatable bonds is 19. The Bertz CT molecular complexity index is 1890. The summed E-state index contributed by atoms with van der Waals surface area (Å²) in [6.07, 6.45) is 8.72. The lowest BCUT2D eigenvalue weighted by Crippen LogP contribution is -2.64. The minimum absolute atomic E-state index is 0.0922. The first-order chi connectivity index (χ1) is 27.8. The molecule has 12 heteroatoms. The number of benzene rings is 3. The van der Waals surface area contributed by atoms with Crippen LogP contribution in [0.3, 0.4) is 0 Å². The minimum atomic E-state index is -1.18. The third-order valence-electron chi connectivity index (χ3n) is 10.9. The van der Waals surface area contributed by atoms with E-state index in [1.165, 1.54) is 6.92 Å². The van der Waals surface area contributed by atoms with Crippen LogP contribution in [0.25, 0.3) is 0 Å². The summed E-state index contributed by atoms with van der Waals surface area (Å²) in [6, 6.07) is 23.0. The lowest BCUT2D eigenvalue weighted by molar-refractivity contribution is -0.223. The topological polar surface area (TPSA) is 148 Å². The number of hydrogen-bond acceptors (Lipinski definition) is 10. The first-order valence-electron chi connectivity index (χ1n) is 20.0. The van der Waals surface area contributed by atoms with Crippen molar-refractivity contribution >= 4 is 35.2 Å². The van der Waals surface area contributed by atoms with Gasteiger partial charge in [0.25, 0.3) is 0 Å². The number of thioether (sulfide) groups is 1. The molecule has 11 nitrogen and oxygen atoms in total. The Morgan fingerprint density at radius 1 is 1.02 bits per heavy atom. The average Bonchev–Trinajstić information content (AvgIpc) is 3.21. The van der Waals surface area contributed by atoms with Crippen molar-refractivity contribution in [2.45, 2.75) is 87.2 Å².